The van der Waals surface area contributed by atoms with Gasteiger partial charge in [-0.3, -0.25) is 0 Å². The van der Waals surface area contributed by atoms with Crippen LogP contribution in [0.3, 0.4) is 0 Å². The van der Waals surface area contributed by atoms with Crippen molar-refractivity contribution in [1.29, 1.82) is 0 Å². The first-order chi connectivity index (χ1) is 8.69. The van der Waals surface area contributed by atoms with Crippen molar-refractivity contribution in [3.63, 3.8) is 0 Å². The number of rotatable bonds is 4. The molecule has 0 spiro atoms. The maximum Gasteiger partial charge on any atom is 0.123 e. The molecule has 0 amide bonds. The number of nitrogens with two attached hydrogens (primary N) is 1. The van der Waals surface area contributed by atoms with Crippen LogP contribution in [0.1, 0.15) is 17.0 Å². The predicted molar refractivity (Wildman–Crippen MR) is 70.0 cm³/mol. The van der Waals surface area contributed by atoms with Crippen molar-refractivity contribution in [2.75, 3.05) is 6.54 Å². The third-order valence-corrected chi connectivity index (χ3v) is 3.00. The van der Waals surface area contributed by atoms with Crippen LogP contribution >= 0.6 is 0 Å². The van der Waals surface area contributed by atoms with Crippen molar-refractivity contribution in [3.8, 4) is 5.75 Å². The molecular formula is C15H16FNO. The lowest BCUT2D eigenvalue weighted by Crippen LogP contribution is -2.15. The Labute approximate surface area is 106 Å². The topological polar surface area (TPSA) is 46.2 Å². The molecule has 0 aliphatic carbocycles. The Morgan fingerprint density at radius 2 is 1.89 bits per heavy atom. The summed E-state index contributed by atoms with van der Waals surface area (Å²) in [5.74, 6) is 0.0480. The second-order valence-corrected chi connectivity index (χ2v) is 4.36. The Hall–Kier alpha value is -1.87. The third kappa shape index (κ3) is 3.08. The van der Waals surface area contributed by atoms with E-state index in [1.807, 2.05) is 12.1 Å². The minimum atomic E-state index is -0.248. The summed E-state index contributed by atoms with van der Waals surface area (Å²) in [7, 11) is 0. The van der Waals surface area contributed by atoms with Crippen molar-refractivity contribution >= 4 is 0 Å². The van der Waals surface area contributed by atoms with Crippen molar-refractivity contribution in [2.24, 2.45) is 5.73 Å². The van der Waals surface area contributed by atoms with E-state index in [9.17, 15) is 9.50 Å². The maximum atomic E-state index is 13.2. The number of hydrogen-bond acceptors (Lipinski definition) is 2. The van der Waals surface area contributed by atoms with Gasteiger partial charge in [-0.25, -0.2) is 4.39 Å². The number of phenols is 1. The molecule has 0 heterocycles. The molecule has 0 aromatic heterocycles. The summed E-state index contributed by atoms with van der Waals surface area (Å²) in [6.45, 7) is 0.444. The molecule has 1 atom stereocenters. The average molecular weight is 245 g/mol. The SMILES string of the molecule is NCC(Cc1cccc(O)c1)c1cccc(F)c1. The lowest BCUT2D eigenvalue weighted by molar-refractivity contribution is 0.474. The number of hydrogen-bond donors (Lipinski definition) is 2. The van der Waals surface area contributed by atoms with E-state index >= 15 is 0 Å². The maximum absolute atomic E-state index is 13.2. The molecule has 94 valence electrons. The highest BCUT2D eigenvalue weighted by Gasteiger charge is 2.11. The molecule has 2 rings (SSSR count). The lowest BCUT2D eigenvalue weighted by atomic mass is 9.92. The molecule has 0 bridgehead atoms. The summed E-state index contributed by atoms with van der Waals surface area (Å²) < 4.78 is 13.2. The number of benzene rings is 2. The Bertz CT molecular complexity index is 527. The lowest BCUT2D eigenvalue weighted by Gasteiger charge is -2.15. The van der Waals surface area contributed by atoms with E-state index in [-0.39, 0.29) is 17.5 Å². The highest BCUT2D eigenvalue weighted by atomic mass is 19.1. The normalized spacial score (nSPS) is 12.3. The fourth-order valence-electron chi connectivity index (χ4n) is 2.07. The molecule has 2 nitrogen and oxygen atoms in total. The molecule has 0 radical (unpaired) electrons. The molecular weight excluding hydrogens is 229 g/mol. The van der Waals surface area contributed by atoms with Crippen LogP contribution in [0.15, 0.2) is 48.5 Å². The molecule has 0 aliphatic rings. The highest BCUT2D eigenvalue weighted by Crippen LogP contribution is 2.22. The van der Waals surface area contributed by atoms with Crippen LogP contribution in [0.2, 0.25) is 0 Å². The molecule has 0 fully saturated rings. The van der Waals surface area contributed by atoms with Gasteiger partial charge in [-0.15, -0.1) is 0 Å². The van der Waals surface area contributed by atoms with E-state index in [4.69, 9.17) is 5.73 Å². The van der Waals surface area contributed by atoms with Crippen LogP contribution in [0.25, 0.3) is 0 Å². The van der Waals surface area contributed by atoms with Gasteiger partial charge in [-0.05, 0) is 48.4 Å². The van der Waals surface area contributed by atoms with E-state index < -0.39 is 0 Å². The second kappa shape index (κ2) is 5.65. The van der Waals surface area contributed by atoms with E-state index in [0.29, 0.717) is 13.0 Å². The summed E-state index contributed by atoms with van der Waals surface area (Å²) >= 11 is 0. The fraction of sp³-hybridized carbons (Fsp3) is 0.200. The molecule has 2 aromatic carbocycles. The van der Waals surface area contributed by atoms with E-state index in [2.05, 4.69) is 0 Å². The van der Waals surface area contributed by atoms with Crippen molar-refractivity contribution in [2.45, 2.75) is 12.3 Å². The van der Waals surface area contributed by atoms with Gasteiger partial charge in [0.25, 0.3) is 0 Å². The van der Waals surface area contributed by atoms with Crippen molar-refractivity contribution in [3.05, 3.63) is 65.5 Å². The Morgan fingerprint density at radius 3 is 2.56 bits per heavy atom. The van der Waals surface area contributed by atoms with Gasteiger partial charge >= 0.3 is 0 Å². The Kier molecular flexibility index (Phi) is 3.95. The molecule has 3 heteroatoms. The van der Waals surface area contributed by atoms with Crippen molar-refractivity contribution < 1.29 is 9.50 Å². The molecule has 18 heavy (non-hydrogen) atoms. The quantitative estimate of drug-likeness (QED) is 0.870. The van der Waals surface area contributed by atoms with Crippen LogP contribution in [0.4, 0.5) is 4.39 Å². The van der Waals surface area contributed by atoms with E-state index in [1.165, 1.54) is 12.1 Å². The molecule has 3 N–H and O–H groups in total. The van der Waals surface area contributed by atoms with Gasteiger partial charge in [0.2, 0.25) is 0 Å². The van der Waals surface area contributed by atoms with Crippen LogP contribution in [0, 0.1) is 5.82 Å². The van der Waals surface area contributed by atoms with E-state index in [0.717, 1.165) is 11.1 Å². The average Bonchev–Trinajstić information content (AvgIpc) is 2.36. The molecule has 1 unspecified atom stereocenters. The predicted octanol–water partition coefficient (Wildman–Crippen LogP) is 2.82. The first-order valence-corrected chi connectivity index (χ1v) is 5.92. The zero-order valence-electron chi connectivity index (χ0n) is 10.0. The highest BCUT2D eigenvalue weighted by molar-refractivity contribution is 5.30. The van der Waals surface area contributed by atoms with E-state index in [1.54, 1.807) is 24.3 Å². The standard InChI is InChI=1S/C15H16FNO/c16-14-5-2-4-12(9-14)13(10-17)7-11-3-1-6-15(18)8-11/h1-6,8-9,13,18H,7,10,17H2. The van der Waals surface area contributed by atoms with Gasteiger partial charge < -0.3 is 10.8 Å². The number of aromatic hydroxyl groups is 1. The zero-order valence-corrected chi connectivity index (χ0v) is 10.0. The fourth-order valence-corrected chi connectivity index (χ4v) is 2.07. The zero-order chi connectivity index (χ0) is 13.0. The van der Waals surface area contributed by atoms with Crippen LogP contribution in [-0.4, -0.2) is 11.7 Å². The third-order valence-electron chi connectivity index (χ3n) is 3.00. The second-order valence-electron chi connectivity index (χ2n) is 4.36. The minimum Gasteiger partial charge on any atom is -0.508 e. The molecule has 2 aromatic rings. The van der Waals surface area contributed by atoms with Gasteiger partial charge in [0.15, 0.2) is 0 Å². The largest absolute Gasteiger partial charge is 0.508 e. The molecule has 0 aliphatic heterocycles. The number of halogens is 1. The smallest absolute Gasteiger partial charge is 0.123 e. The van der Waals surface area contributed by atoms with Gasteiger partial charge in [-0.1, -0.05) is 24.3 Å². The van der Waals surface area contributed by atoms with Crippen LogP contribution in [0.5, 0.6) is 5.75 Å². The van der Waals surface area contributed by atoms with Crippen LogP contribution < -0.4 is 5.73 Å². The van der Waals surface area contributed by atoms with Gasteiger partial charge in [0, 0.05) is 5.92 Å². The van der Waals surface area contributed by atoms with Crippen molar-refractivity contribution in [1.82, 2.24) is 0 Å². The van der Waals surface area contributed by atoms with Gasteiger partial charge in [0.1, 0.15) is 11.6 Å². The summed E-state index contributed by atoms with van der Waals surface area (Å²) in [4.78, 5) is 0. The number of phenolic OH excluding ortho intramolecular Hbond substituents is 1. The Morgan fingerprint density at radius 1 is 1.11 bits per heavy atom. The monoisotopic (exact) mass is 245 g/mol. The summed E-state index contributed by atoms with van der Waals surface area (Å²) in [6, 6.07) is 13.6. The summed E-state index contributed by atoms with van der Waals surface area (Å²) in [5.41, 5.74) is 7.64. The molecule has 0 saturated carbocycles. The summed E-state index contributed by atoms with van der Waals surface area (Å²) in [5, 5.41) is 9.42. The van der Waals surface area contributed by atoms with Gasteiger partial charge in [-0.2, -0.15) is 0 Å². The first-order valence-electron chi connectivity index (χ1n) is 5.92. The van der Waals surface area contributed by atoms with Crippen LogP contribution in [-0.2, 0) is 6.42 Å². The molecule has 0 saturated heterocycles. The summed E-state index contributed by atoms with van der Waals surface area (Å²) in [6.07, 6.45) is 0.689. The Balaban J connectivity index is 2.19. The minimum absolute atomic E-state index is 0.0579. The van der Waals surface area contributed by atoms with Gasteiger partial charge in [0.05, 0.1) is 0 Å². The first kappa shape index (κ1) is 12.6.